The molecule has 0 N–H and O–H groups in total. The predicted molar refractivity (Wildman–Crippen MR) is 135 cm³/mol. The number of hydrogen-bond acceptors (Lipinski definition) is 2. The molecule has 0 saturated carbocycles. The number of thiocarbonyl (C=S) groups is 1. The summed E-state index contributed by atoms with van der Waals surface area (Å²) in [5, 5.41) is 0. The lowest BCUT2D eigenvalue weighted by Gasteiger charge is -2.28. The van der Waals surface area contributed by atoms with E-state index in [1.165, 1.54) is 128 Å². The summed E-state index contributed by atoms with van der Waals surface area (Å²) < 4.78 is 0.687. The maximum atomic E-state index is 5.30. The maximum absolute atomic E-state index is 5.30. The highest BCUT2D eigenvalue weighted by atomic mass is 32.1. The molecule has 0 bridgehead atoms. The molecule has 1 nitrogen and oxygen atoms in total. The van der Waals surface area contributed by atoms with Gasteiger partial charge in [0, 0.05) is 13.1 Å². The summed E-state index contributed by atoms with van der Waals surface area (Å²) >= 11 is 10.6. The van der Waals surface area contributed by atoms with Gasteiger partial charge in [0.25, 0.3) is 0 Å². The van der Waals surface area contributed by atoms with Gasteiger partial charge in [0.2, 0.25) is 0 Å². The molecule has 0 radical (unpaired) electrons. The summed E-state index contributed by atoms with van der Waals surface area (Å²) in [5.41, 5.74) is 0. The predicted octanol–water partition coefficient (Wildman–Crippen LogP) is 8.96. The van der Waals surface area contributed by atoms with Gasteiger partial charge in [-0.1, -0.05) is 134 Å². The van der Waals surface area contributed by atoms with E-state index < -0.39 is 0 Å². The second-order valence-electron chi connectivity index (χ2n) is 8.62. The van der Waals surface area contributed by atoms with Gasteiger partial charge in [-0.2, -0.15) is 0 Å². The highest BCUT2D eigenvalue weighted by molar-refractivity contribution is 8.00. The third-order valence-corrected chi connectivity index (χ3v) is 6.34. The molecule has 0 aliphatic carbocycles. The van der Waals surface area contributed by atoms with Crippen LogP contribution in [0, 0.1) is 0 Å². The monoisotopic (exact) mass is 428 g/mol. The Morgan fingerprint density at radius 2 is 0.750 bits per heavy atom. The van der Waals surface area contributed by atoms with Gasteiger partial charge in [0.15, 0.2) is 0 Å². The molecule has 0 atom stereocenters. The minimum Gasteiger partial charge on any atom is -0.411 e. The zero-order chi connectivity index (χ0) is 20.7. The summed E-state index contributed by atoms with van der Waals surface area (Å²) in [7, 11) is 0. The molecule has 0 aliphatic heterocycles. The van der Waals surface area contributed by atoms with E-state index in [0.29, 0.717) is 4.32 Å². The molecule has 3 heteroatoms. The third-order valence-electron chi connectivity index (χ3n) is 5.82. The lowest BCUT2D eigenvalue weighted by Crippen LogP contribution is -2.30. The van der Waals surface area contributed by atoms with Crippen LogP contribution in [0.4, 0.5) is 0 Å². The summed E-state index contributed by atoms with van der Waals surface area (Å²) in [5.74, 6) is 0. The molecule has 28 heavy (non-hydrogen) atoms. The first kappa shape index (κ1) is 28.1. The number of hydrogen-bond donors (Lipinski definition) is 0. The van der Waals surface area contributed by atoms with Crippen LogP contribution in [-0.4, -0.2) is 22.3 Å². The van der Waals surface area contributed by atoms with Gasteiger partial charge >= 0.3 is 0 Å². The van der Waals surface area contributed by atoms with Gasteiger partial charge in [-0.3, -0.25) is 0 Å². The average molecular weight is 429 g/mol. The van der Waals surface area contributed by atoms with E-state index in [2.05, 4.69) is 18.7 Å². The number of unbranched alkanes of at least 4 members (excludes halogenated alkanes) is 18. The van der Waals surface area contributed by atoms with Crippen molar-refractivity contribution >= 4 is 29.2 Å². The highest BCUT2D eigenvalue weighted by Gasteiger charge is 2.01. The Morgan fingerprint density at radius 3 is 1.00 bits per heavy atom. The van der Waals surface area contributed by atoms with Crippen LogP contribution in [0.2, 0.25) is 0 Å². The second-order valence-corrected chi connectivity index (χ2v) is 9.65. The van der Waals surface area contributed by atoms with Crippen LogP contribution in [0.15, 0.2) is 0 Å². The second kappa shape index (κ2) is 23.4. The molecule has 0 aromatic carbocycles. The smallest absolute Gasteiger partial charge is 0.0162 e. The van der Waals surface area contributed by atoms with Crippen molar-refractivity contribution in [2.45, 2.75) is 142 Å². The van der Waals surface area contributed by atoms with Gasteiger partial charge in [-0.05, 0) is 12.8 Å². The third kappa shape index (κ3) is 20.8. The number of nitrogens with zero attached hydrogens (tertiary/aromatic N) is 1. The summed E-state index contributed by atoms with van der Waals surface area (Å²) in [6.07, 6.45) is 27.7. The topological polar surface area (TPSA) is 3.24 Å². The fourth-order valence-corrected chi connectivity index (χ4v) is 4.24. The van der Waals surface area contributed by atoms with Gasteiger partial charge in [-0.15, -0.1) is 0 Å². The average Bonchev–Trinajstić information content (AvgIpc) is 2.68. The summed E-state index contributed by atoms with van der Waals surface area (Å²) in [4.78, 5) is 2.28. The molecule has 168 valence electrons. The molecule has 0 heterocycles. The normalized spacial score (nSPS) is 11.1. The quantitative estimate of drug-likeness (QED) is 0.0962. The molecule has 0 spiro atoms. The molecule has 0 fully saturated rings. The first-order valence-corrected chi connectivity index (χ1v) is 13.5. The first-order valence-electron chi connectivity index (χ1n) is 12.7. The van der Waals surface area contributed by atoms with Crippen LogP contribution in [0.3, 0.4) is 0 Å². The van der Waals surface area contributed by atoms with Crippen molar-refractivity contribution in [2.75, 3.05) is 13.1 Å². The minimum absolute atomic E-state index is 0.687. The molecule has 0 unspecified atom stereocenters. The minimum atomic E-state index is 0.687. The number of rotatable bonds is 22. The lowest BCUT2D eigenvalue weighted by molar-refractivity contribution is 0.394. The molecular formula is C25H50NS2-. The molecule has 0 aliphatic rings. The Hall–Kier alpha value is 0.110. The van der Waals surface area contributed by atoms with E-state index in [-0.39, 0.29) is 0 Å². The maximum Gasteiger partial charge on any atom is 0.0162 e. The lowest BCUT2D eigenvalue weighted by atomic mass is 10.1. The Balaban J connectivity index is 3.45. The van der Waals surface area contributed by atoms with Crippen molar-refractivity contribution in [1.82, 2.24) is 4.90 Å². The van der Waals surface area contributed by atoms with Gasteiger partial charge in [-0.25, -0.2) is 0 Å². The van der Waals surface area contributed by atoms with E-state index >= 15 is 0 Å². The molecule has 0 rings (SSSR count). The van der Waals surface area contributed by atoms with Crippen LogP contribution < -0.4 is 0 Å². The van der Waals surface area contributed by atoms with Crippen LogP contribution in [0.25, 0.3) is 0 Å². The molecular weight excluding hydrogens is 378 g/mol. The van der Waals surface area contributed by atoms with Crippen molar-refractivity contribution < 1.29 is 0 Å². The van der Waals surface area contributed by atoms with Gasteiger partial charge < -0.3 is 29.7 Å². The largest absolute Gasteiger partial charge is 0.411 e. The van der Waals surface area contributed by atoms with Crippen molar-refractivity contribution in [1.29, 1.82) is 0 Å². The van der Waals surface area contributed by atoms with E-state index in [0.717, 1.165) is 13.1 Å². The van der Waals surface area contributed by atoms with E-state index in [1.54, 1.807) is 0 Å². The van der Waals surface area contributed by atoms with Crippen LogP contribution in [-0.2, 0) is 12.6 Å². The standard InChI is InChI=1S/C25H51NS2/c1-3-5-7-9-11-13-15-17-19-21-23-26(25(27)28)24-22-20-18-16-14-12-10-8-6-4-2/h3-24H2,1-2H3,(H,27,28)/p-1. The van der Waals surface area contributed by atoms with E-state index in [9.17, 15) is 0 Å². The fraction of sp³-hybridized carbons (Fsp3) is 0.960. The van der Waals surface area contributed by atoms with E-state index in [4.69, 9.17) is 24.8 Å². The molecule has 0 amide bonds. The van der Waals surface area contributed by atoms with Gasteiger partial charge in [0.1, 0.15) is 0 Å². The van der Waals surface area contributed by atoms with Crippen molar-refractivity contribution in [2.24, 2.45) is 0 Å². The fourth-order valence-electron chi connectivity index (χ4n) is 3.87. The molecule has 0 aromatic heterocycles. The SMILES string of the molecule is CCCCCCCCCCCCN(CCCCCCCCCCCC)C(=S)[S-]. The van der Waals surface area contributed by atoms with E-state index in [1.807, 2.05) is 0 Å². The first-order chi connectivity index (χ1) is 13.7. The molecule has 0 aromatic rings. The van der Waals surface area contributed by atoms with Crippen molar-refractivity contribution in [3.05, 3.63) is 0 Å². The zero-order valence-electron chi connectivity index (χ0n) is 19.3. The van der Waals surface area contributed by atoms with Gasteiger partial charge in [0.05, 0.1) is 0 Å². The highest BCUT2D eigenvalue weighted by Crippen LogP contribution is 2.13. The summed E-state index contributed by atoms with van der Waals surface area (Å²) in [6.45, 7) is 6.73. The Morgan fingerprint density at radius 1 is 0.500 bits per heavy atom. The zero-order valence-corrected chi connectivity index (χ0v) is 21.0. The van der Waals surface area contributed by atoms with Crippen LogP contribution in [0.1, 0.15) is 142 Å². The Kier molecular flexibility index (Phi) is 23.5. The van der Waals surface area contributed by atoms with Crippen molar-refractivity contribution in [3.63, 3.8) is 0 Å². The Labute approximate surface area is 189 Å². The Bertz CT molecular complexity index is 296. The van der Waals surface area contributed by atoms with Crippen LogP contribution in [0.5, 0.6) is 0 Å². The summed E-state index contributed by atoms with van der Waals surface area (Å²) in [6, 6.07) is 0. The molecule has 0 saturated heterocycles. The van der Waals surface area contributed by atoms with Crippen LogP contribution >= 0.6 is 12.2 Å². The van der Waals surface area contributed by atoms with Crippen molar-refractivity contribution in [3.8, 4) is 0 Å².